The molecule has 2 heterocycles. The van der Waals surface area contributed by atoms with Gasteiger partial charge >= 0.3 is 0 Å². The Morgan fingerprint density at radius 3 is 2.63 bits per heavy atom. The molecule has 6 nitrogen and oxygen atoms in total. The van der Waals surface area contributed by atoms with Gasteiger partial charge in [-0.2, -0.15) is 4.68 Å². The SMILES string of the molecule is Cc1nnc(-n2nnc(CN)c2C2CCCCC2)s1. The van der Waals surface area contributed by atoms with Crippen molar-refractivity contribution in [3.63, 3.8) is 0 Å². The monoisotopic (exact) mass is 278 g/mol. The van der Waals surface area contributed by atoms with Crippen molar-refractivity contribution in [1.29, 1.82) is 0 Å². The van der Waals surface area contributed by atoms with Crippen LogP contribution in [0.3, 0.4) is 0 Å². The lowest BCUT2D eigenvalue weighted by atomic mass is 9.86. The molecule has 0 aliphatic heterocycles. The number of hydrogen-bond acceptors (Lipinski definition) is 6. The van der Waals surface area contributed by atoms with Crippen LogP contribution in [0.4, 0.5) is 0 Å². The van der Waals surface area contributed by atoms with Gasteiger partial charge in [-0.25, -0.2) is 0 Å². The highest BCUT2D eigenvalue weighted by Gasteiger charge is 2.25. The third-order valence-corrected chi connectivity index (χ3v) is 4.47. The second kappa shape index (κ2) is 5.34. The van der Waals surface area contributed by atoms with E-state index in [2.05, 4.69) is 20.5 Å². The number of nitrogens with two attached hydrogens (primary N) is 1. The molecule has 0 saturated heterocycles. The Morgan fingerprint density at radius 1 is 1.21 bits per heavy atom. The van der Waals surface area contributed by atoms with Crippen LogP contribution in [0, 0.1) is 6.92 Å². The van der Waals surface area contributed by atoms with Gasteiger partial charge in [-0.3, -0.25) is 0 Å². The summed E-state index contributed by atoms with van der Waals surface area (Å²) in [4.78, 5) is 0. The third kappa shape index (κ3) is 2.40. The largest absolute Gasteiger partial charge is 0.325 e. The minimum atomic E-state index is 0.434. The minimum absolute atomic E-state index is 0.434. The number of hydrogen-bond donors (Lipinski definition) is 1. The highest BCUT2D eigenvalue weighted by molar-refractivity contribution is 7.13. The topological polar surface area (TPSA) is 82.5 Å². The molecule has 7 heteroatoms. The van der Waals surface area contributed by atoms with Crippen LogP contribution in [0.15, 0.2) is 0 Å². The molecule has 19 heavy (non-hydrogen) atoms. The van der Waals surface area contributed by atoms with Crippen molar-refractivity contribution in [2.45, 2.75) is 51.5 Å². The quantitative estimate of drug-likeness (QED) is 0.927. The van der Waals surface area contributed by atoms with E-state index in [4.69, 9.17) is 5.73 Å². The number of nitrogens with zero attached hydrogens (tertiary/aromatic N) is 5. The summed E-state index contributed by atoms with van der Waals surface area (Å²) in [5.74, 6) is 0.506. The van der Waals surface area contributed by atoms with Crippen molar-refractivity contribution < 1.29 is 0 Å². The Labute approximate surface area is 116 Å². The maximum atomic E-state index is 5.81. The smallest absolute Gasteiger partial charge is 0.234 e. The van der Waals surface area contributed by atoms with Gasteiger partial charge < -0.3 is 5.73 Å². The summed E-state index contributed by atoms with van der Waals surface area (Å²) in [6, 6.07) is 0. The fraction of sp³-hybridized carbons (Fsp3) is 0.667. The standard InChI is InChI=1S/C12H18N6S/c1-8-14-16-12(19-8)18-11(10(7-13)15-17-18)9-5-3-2-4-6-9/h9H,2-7,13H2,1H3. The lowest BCUT2D eigenvalue weighted by molar-refractivity contribution is 0.427. The molecule has 1 saturated carbocycles. The number of rotatable bonds is 3. The maximum absolute atomic E-state index is 5.81. The Morgan fingerprint density at radius 2 is 2.00 bits per heavy atom. The van der Waals surface area contributed by atoms with Gasteiger partial charge in [0.25, 0.3) is 0 Å². The fourth-order valence-corrected chi connectivity index (χ4v) is 3.41. The lowest BCUT2D eigenvalue weighted by Gasteiger charge is -2.22. The average Bonchev–Trinajstić information content (AvgIpc) is 3.05. The van der Waals surface area contributed by atoms with Crippen LogP contribution >= 0.6 is 11.3 Å². The molecule has 0 bridgehead atoms. The van der Waals surface area contributed by atoms with Gasteiger partial charge in [0.05, 0.1) is 5.69 Å². The summed E-state index contributed by atoms with van der Waals surface area (Å²) in [6.07, 6.45) is 6.26. The van der Waals surface area contributed by atoms with Crippen LogP contribution in [0.5, 0.6) is 0 Å². The summed E-state index contributed by atoms with van der Waals surface area (Å²) in [7, 11) is 0. The maximum Gasteiger partial charge on any atom is 0.234 e. The molecule has 3 rings (SSSR count). The molecule has 2 aromatic heterocycles. The highest BCUT2D eigenvalue weighted by Crippen LogP contribution is 2.35. The fourth-order valence-electron chi connectivity index (χ4n) is 2.76. The lowest BCUT2D eigenvalue weighted by Crippen LogP contribution is -2.14. The summed E-state index contributed by atoms with van der Waals surface area (Å²) >= 11 is 1.54. The van der Waals surface area contributed by atoms with Gasteiger partial charge in [0, 0.05) is 12.5 Å². The summed E-state index contributed by atoms with van der Waals surface area (Å²) < 4.78 is 1.85. The first-order valence-corrected chi connectivity index (χ1v) is 7.56. The van der Waals surface area contributed by atoms with Crippen LogP contribution in [0.1, 0.15) is 54.4 Å². The van der Waals surface area contributed by atoms with Crippen molar-refractivity contribution in [1.82, 2.24) is 25.2 Å². The van der Waals surface area contributed by atoms with Crippen molar-refractivity contribution >= 4 is 11.3 Å². The van der Waals surface area contributed by atoms with E-state index in [1.165, 1.54) is 32.1 Å². The summed E-state index contributed by atoms with van der Waals surface area (Å²) in [5, 5.41) is 18.4. The van der Waals surface area contributed by atoms with Crippen LogP contribution in [0.2, 0.25) is 0 Å². The molecule has 1 aliphatic rings. The van der Waals surface area contributed by atoms with Gasteiger partial charge in [-0.1, -0.05) is 35.8 Å². The Bertz CT molecular complexity index is 554. The molecule has 0 radical (unpaired) electrons. The van der Waals surface area contributed by atoms with Crippen molar-refractivity contribution in [2.75, 3.05) is 0 Å². The molecule has 0 amide bonds. The first-order chi connectivity index (χ1) is 9.29. The molecule has 1 aliphatic carbocycles. The van der Waals surface area contributed by atoms with Crippen LogP contribution in [-0.2, 0) is 6.54 Å². The van der Waals surface area contributed by atoms with E-state index >= 15 is 0 Å². The first kappa shape index (κ1) is 12.7. The Balaban J connectivity index is 2.02. The summed E-state index contributed by atoms with van der Waals surface area (Å²) in [5.41, 5.74) is 7.86. The predicted octanol–water partition coefficient (Wildman–Crippen LogP) is 1.93. The zero-order valence-electron chi connectivity index (χ0n) is 11.0. The minimum Gasteiger partial charge on any atom is -0.325 e. The van der Waals surface area contributed by atoms with E-state index in [-0.39, 0.29) is 0 Å². The molecule has 2 aromatic rings. The normalized spacial score (nSPS) is 16.9. The van der Waals surface area contributed by atoms with Crippen molar-refractivity contribution in [2.24, 2.45) is 5.73 Å². The molecular weight excluding hydrogens is 260 g/mol. The molecule has 0 spiro atoms. The van der Waals surface area contributed by atoms with Gasteiger partial charge in [0.1, 0.15) is 10.7 Å². The molecule has 1 fully saturated rings. The molecular formula is C12H18N6S. The van der Waals surface area contributed by atoms with Gasteiger partial charge in [-0.05, 0) is 19.8 Å². The van der Waals surface area contributed by atoms with Gasteiger partial charge in [0.2, 0.25) is 5.13 Å². The zero-order chi connectivity index (χ0) is 13.2. The second-order valence-electron chi connectivity index (χ2n) is 4.98. The van der Waals surface area contributed by atoms with Gasteiger partial charge in [0.15, 0.2) is 0 Å². The number of aromatic nitrogens is 5. The average molecular weight is 278 g/mol. The molecule has 0 unspecified atom stereocenters. The second-order valence-corrected chi connectivity index (χ2v) is 6.14. The van der Waals surface area contributed by atoms with E-state index in [0.717, 1.165) is 21.5 Å². The molecule has 102 valence electrons. The first-order valence-electron chi connectivity index (χ1n) is 6.74. The van der Waals surface area contributed by atoms with Gasteiger partial charge in [-0.15, -0.1) is 15.3 Å². The van der Waals surface area contributed by atoms with E-state index in [1.54, 1.807) is 11.3 Å². The summed E-state index contributed by atoms with van der Waals surface area (Å²) in [6.45, 7) is 2.38. The van der Waals surface area contributed by atoms with E-state index < -0.39 is 0 Å². The van der Waals surface area contributed by atoms with E-state index in [9.17, 15) is 0 Å². The van der Waals surface area contributed by atoms with Crippen molar-refractivity contribution in [3.05, 3.63) is 16.4 Å². The predicted molar refractivity (Wildman–Crippen MR) is 73.3 cm³/mol. The van der Waals surface area contributed by atoms with Crippen molar-refractivity contribution in [3.8, 4) is 5.13 Å². The van der Waals surface area contributed by atoms with Crippen LogP contribution in [-0.4, -0.2) is 25.2 Å². The third-order valence-electron chi connectivity index (χ3n) is 3.66. The molecule has 0 aromatic carbocycles. The molecule has 0 atom stereocenters. The Hall–Kier alpha value is -1.34. The van der Waals surface area contributed by atoms with Crippen LogP contribution in [0.25, 0.3) is 5.13 Å². The van der Waals surface area contributed by atoms with E-state index in [0.29, 0.717) is 12.5 Å². The van der Waals surface area contributed by atoms with E-state index in [1.807, 2.05) is 11.6 Å². The molecule has 2 N–H and O–H groups in total. The zero-order valence-corrected chi connectivity index (χ0v) is 11.9. The number of aryl methyl sites for hydroxylation is 1. The van der Waals surface area contributed by atoms with Crippen LogP contribution < -0.4 is 5.73 Å². The highest BCUT2D eigenvalue weighted by atomic mass is 32.1. The Kier molecular flexibility index (Phi) is 3.56.